The van der Waals surface area contributed by atoms with Gasteiger partial charge in [0.1, 0.15) is 0 Å². The van der Waals surface area contributed by atoms with Crippen molar-refractivity contribution in [2.75, 3.05) is 31.1 Å². The second kappa shape index (κ2) is 6.70. The van der Waals surface area contributed by atoms with Crippen LogP contribution in [0.1, 0.15) is 26.7 Å². The van der Waals surface area contributed by atoms with Crippen LogP contribution in [0.4, 0.5) is 5.69 Å². The molecule has 1 aliphatic heterocycles. The molecule has 1 aromatic rings. The zero-order valence-electron chi connectivity index (χ0n) is 11.9. The summed E-state index contributed by atoms with van der Waals surface area (Å²) in [7, 11) is 0. The Kier molecular flexibility index (Phi) is 4.96. The largest absolute Gasteiger partial charge is 0.371 e. The van der Waals surface area contributed by atoms with Crippen LogP contribution in [0.2, 0.25) is 0 Å². The minimum atomic E-state index is 0.00923. The molecule has 2 rings (SSSR count). The Hall–Kier alpha value is -1.36. The van der Waals surface area contributed by atoms with Gasteiger partial charge in [0.15, 0.2) is 0 Å². The van der Waals surface area contributed by atoms with Crippen molar-refractivity contribution in [3.05, 3.63) is 22.6 Å². The maximum Gasteiger partial charge on any atom is 0.268 e. The molecule has 2 heterocycles. The lowest BCUT2D eigenvalue weighted by Gasteiger charge is -2.24. The van der Waals surface area contributed by atoms with E-state index >= 15 is 0 Å². The van der Waals surface area contributed by atoms with Crippen LogP contribution in [0.3, 0.4) is 0 Å². The second-order valence-corrected chi connectivity index (χ2v) is 5.12. The van der Waals surface area contributed by atoms with E-state index < -0.39 is 0 Å². The molecule has 5 heteroatoms. The number of rotatable bonds is 5. The molecule has 1 aromatic heterocycles. The maximum absolute atomic E-state index is 12.1. The summed E-state index contributed by atoms with van der Waals surface area (Å²) in [6.45, 7) is 8.78. The molecule has 1 aliphatic rings. The number of piperidine rings is 1. The van der Waals surface area contributed by atoms with E-state index in [1.54, 1.807) is 10.7 Å². The van der Waals surface area contributed by atoms with E-state index in [-0.39, 0.29) is 5.56 Å². The van der Waals surface area contributed by atoms with Crippen LogP contribution in [0.15, 0.2) is 17.1 Å². The molecular weight excluding hydrogens is 240 g/mol. The lowest BCUT2D eigenvalue weighted by molar-refractivity contribution is 0.319. The Balaban J connectivity index is 2.08. The van der Waals surface area contributed by atoms with Crippen LogP contribution in [-0.4, -0.2) is 36.0 Å². The Bertz CT molecular complexity index is 447. The molecule has 0 bridgehead atoms. The number of nitrogens with one attached hydrogen (secondary N) is 1. The number of anilines is 1. The van der Waals surface area contributed by atoms with Gasteiger partial charge in [0.05, 0.1) is 11.9 Å². The Morgan fingerprint density at radius 2 is 2.26 bits per heavy atom. The van der Waals surface area contributed by atoms with Crippen molar-refractivity contribution in [3.8, 4) is 0 Å². The summed E-state index contributed by atoms with van der Waals surface area (Å²) in [5.74, 6) is 0.526. The summed E-state index contributed by atoms with van der Waals surface area (Å²) in [6, 6.07) is 1.70. The van der Waals surface area contributed by atoms with E-state index in [1.165, 1.54) is 12.8 Å². The SMILES string of the molecule is CCN(CC)c1cnn(CC2CCCNC2)c(=O)c1. The summed E-state index contributed by atoms with van der Waals surface area (Å²) in [5, 5.41) is 7.69. The van der Waals surface area contributed by atoms with Gasteiger partial charge in [0.25, 0.3) is 5.56 Å². The highest BCUT2D eigenvalue weighted by atomic mass is 16.1. The standard InChI is InChI=1S/C14H24N4O/c1-3-17(4-2)13-8-14(19)18(16-10-13)11-12-6-5-7-15-9-12/h8,10,12,15H,3-7,9,11H2,1-2H3. The Labute approximate surface area is 114 Å². The molecule has 0 amide bonds. The van der Waals surface area contributed by atoms with E-state index in [0.29, 0.717) is 5.92 Å². The Morgan fingerprint density at radius 1 is 1.47 bits per heavy atom. The number of nitrogens with zero attached hydrogens (tertiary/aromatic N) is 3. The van der Waals surface area contributed by atoms with E-state index in [4.69, 9.17) is 0 Å². The molecule has 1 fully saturated rings. The fraction of sp³-hybridized carbons (Fsp3) is 0.714. The van der Waals surface area contributed by atoms with Crippen molar-refractivity contribution < 1.29 is 0 Å². The van der Waals surface area contributed by atoms with Crippen molar-refractivity contribution in [1.29, 1.82) is 0 Å². The van der Waals surface area contributed by atoms with Gasteiger partial charge in [-0.3, -0.25) is 4.79 Å². The van der Waals surface area contributed by atoms with Crippen LogP contribution in [0, 0.1) is 5.92 Å². The maximum atomic E-state index is 12.1. The van der Waals surface area contributed by atoms with Gasteiger partial charge < -0.3 is 10.2 Å². The van der Waals surface area contributed by atoms with Crippen molar-refractivity contribution in [1.82, 2.24) is 15.1 Å². The van der Waals surface area contributed by atoms with Crippen molar-refractivity contribution in [2.45, 2.75) is 33.2 Å². The van der Waals surface area contributed by atoms with Gasteiger partial charge in [-0.25, -0.2) is 4.68 Å². The van der Waals surface area contributed by atoms with Gasteiger partial charge in [-0.2, -0.15) is 5.10 Å². The normalized spacial score (nSPS) is 19.4. The first kappa shape index (κ1) is 14.1. The first-order valence-electron chi connectivity index (χ1n) is 7.27. The quantitative estimate of drug-likeness (QED) is 0.865. The van der Waals surface area contributed by atoms with Crippen LogP contribution in [0.5, 0.6) is 0 Å². The number of hydrogen-bond acceptors (Lipinski definition) is 4. The zero-order valence-corrected chi connectivity index (χ0v) is 11.9. The molecule has 1 atom stereocenters. The molecule has 0 aliphatic carbocycles. The van der Waals surface area contributed by atoms with Gasteiger partial charge in [-0.05, 0) is 45.7 Å². The third-order valence-corrected chi connectivity index (χ3v) is 3.81. The molecule has 0 saturated carbocycles. The summed E-state index contributed by atoms with van der Waals surface area (Å²) in [5.41, 5.74) is 0.933. The monoisotopic (exact) mass is 264 g/mol. The highest BCUT2D eigenvalue weighted by Crippen LogP contribution is 2.12. The lowest BCUT2D eigenvalue weighted by atomic mass is 10.00. The van der Waals surface area contributed by atoms with Crippen LogP contribution < -0.4 is 15.8 Å². The summed E-state index contributed by atoms with van der Waals surface area (Å²) in [6.07, 6.45) is 4.18. The van der Waals surface area contributed by atoms with E-state index in [1.807, 2.05) is 6.20 Å². The molecule has 19 heavy (non-hydrogen) atoms. The summed E-state index contributed by atoms with van der Waals surface area (Å²) < 4.78 is 1.60. The van der Waals surface area contributed by atoms with Gasteiger partial charge in [-0.15, -0.1) is 0 Å². The van der Waals surface area contributed by atoms with Crippen LogP contribution in [-0.2, 0) is 6.54 Å². The fourth-order valence-electron chi connectivity index (χ4n) is 2.65. The molecule has 0 spiro atoms. The molecule has 1 unspecified atom stereocenters. The predicted octanol–water partition coefficient (Wildman–Crippen LogP) is 1.09. The third-order valence-electron chi connectivity index (χ3n) is 3.81. The fourth-order valence-corrected chi connectivity index (χ4v) is 2.65. The molecule has 1 N–H and O–H groups in total. The third kappa shape index (κ3) is 3.56. The highest BCUT2D eigenvalue weighted by molar-refractivity contribution is 5.42. The van der Waals surface area contributed by atoms with Crippen LogP contribution >= 0.6 is 0 Å². The average molecular weight is 264 g/mol. The number of hydrogen-bond donors (Lipinski definition) is 1. The van der Waals surface area contributed by atoms with E-state index in [0.717, 1.165) is 38.4 Å². The molecule has 0 aromatic carbocycles. The van der Waals surface area contributed by atoms with Crippen molar-refractivity contribution >= 4 is 5.69 Å². The van der Waals surface area contributed by atoms with Gasteiger partial charge in [0.2, 0.25) is 0 Å². The second-order valence-electron chi connectivity index (χ2n) is 5.12. The highest BCUT2D eigenvalue weighted by Gasteiger charge is 2.15. The van der Waals surface area contributed by atoms with Gasteiger partial charge >= 0.3 is 0 Å². The van der Waals surface area contributed by atoms with Crippen LogP contribution in [0.25, 0.3) is 0 Å². The molecular formula is C14H24N4O. The van der Waals surface area contributed by atoms with Gasteiger partial charge in [0, 0.05) is 25.7 Å². The molecule has 0 radical (unpaired) electrons. The van der Waals surface area contributed by atoms with E-state index in [2.05, 4.69) is 29.2 Å². The first-order valence-corrected chi connectivity index (χ1v) is 7.27. The lowest BCUT2D eigenvalue weighted by Crippen LogP contribution is -2.36. The predicted molar refractivity (Wildman–Crippen MR) is 77.7 cm³/mol. The van der Waals surface area contributed by atoms with Gasteiger partial charge in [-0.1, -0.05) is 0 Å². The number of aromatic nitrogens is 2. The summed E-state index contributed by atoms with van der Waals surface area (Å²) >= 11 is 0. The van der Waals surface area contributed by atoms with Crippen molar-refractivity contribution in [2.24, 2.45) is 5.92 Å². The smallest absolute Gasteiger partial charge is 0.268 e. The average Bonchev–Trinajstić information content (AvgIpc) is 2.44. The first-order chi connectivity index (χ1) is 9.24. The minimum absolute atomic E-state index is 0.00923. The molecule has 5 nitrogen and oxygen atoms in total. The minimum Gasteiger partial charge on any atom is -0.371 e. The van der Waals surface area contributed by atoms with Crippen molar-refractivity contribution in [3.63, 3.8) is 0 Å². The zero-order chi connectivity index (χ0) is 13.7. The Morgan fingerprint density at radius 3 is 2.84 bits per heavy atom. The topological polar surface area (TPSA) is 50.2 Å². The van der Waals surface area contributed by atoms with E-state index in [9.17, 15) is 4.79 Å². The summed E-state index contributed by atoms with van der Waals surface area (Å²) in [4.78, 5) is 14.2. The molecule has 106 valence electrons. The molecule has 1 saturated heterocycles.